The number of carbonyl (C=O) groups excluding carboxylic acids is 1. The van der Waals surface area contributed by atoms with E-state index < -0.39 is 5.97 Å². The third-order valence-electron chi connectivity index (χ3n) is 1.18. The Hall–Kier alpha value is -0.920. The lowest BCUT2D eigenvalue weighted by Crippen LogP contribution is -2.01. The van der Waals surface area contributed by atoms with Gasteiger partial charge in [0, 0.05) is 6.61 Å². The maximum absolute atomic E-state index is 10.4. The second-order valence-corrected chi connectivity index (χ2v) is 2.12. The topological polar surface area (TPSA) is 46.5 Å². The van der Waals surface area contributed by atoms with E-state index in [-0.39, 0.29) is 6.61 Å². The molecule has 0 amide bonds. The van der Waals surface area contributed by atoms with Gasteiger partial charge in [-0.2, -0.15) is 0 Å². The average molecular weight is 157 g/mol. The zero-order valence-corrected chi connectivity index (χ0v) is 6.45. The van der Waals surface area contributed by atoms with Crippen LogP contribution in [0, 0.1) is 6.58 Å². The summed E-state index contributed by atoms with van der Waals surface area (Å²) in [4.78, 5) is 10.4. The number of esters is 1. The fourth-order valence-electron chi connectivity index (χ4n) is 0.612. The van der Waals surface area contributed by atoms with E-state index in [4.69, 9.17) is 11.7 Å². The highest BCUT2D eigenvalue weighted by Crippen LogP contribution is 1.94. The maximum atomic E-state index is 10.4. The van der Waals surface area contributed by atoms with E-state index >= 15 is 0 Å². The summed E-state index contributed by atoms with van der Waals surface area (Å²) in [6.45, 7) is 5.45. The Bertz CT molecular complexity index is 121. The molecule has 0 radical (unpaired) electrons. The standard InChI is InChI=1S/C8H13O3/c1-2-8(10)11-7-5-3-4-6-9/h1-2,9H,3-7H2/q+1. The summed E-state index contributed by atoms with van der Waals surface area (Å²) in [7, 11) is 0. The molecule has 1 N–H and O–H groups in total. The van der Waals surface area contributed by atoms with Gasteiger partial charge in [0.2, 0.25) is 6.08 Å². The minimum absolute atomic E-state index is 0.191. The van der Waals surface area contributed by atoms with Crippen molar-refractivity contribution in [2.24, 2.45) is 0 Å². The molecule has 0 fully saturated rings. The number of aliphatic hydroxyl groups excluding tert-OH is 1. The molecule has 3 heteroatoms. The van der Waals surface area contributed by atoms with Crippen molar-refractivity contribution in [1.82, 2.24) is 0 Å². The Labute approximate surface area is 66.7 Å². The van der Waals surface area contributed by atoms with Gasteiger partial charge in [0.15, 0.2) is 0 Å². The van der Waals surface area contributed by atoms with Gasteiger partial charge in [0.05, 0.1) is 6.58 Å². The minimum atomic E-state index is -0.492. The van der Waals surface area contributed by atoms with Gasteiger partial charge >= 0.3 is 5.97 Å². The first-order valence-corrected chi connectivity index (χ1v) is 3.64. The van der Waals surface area contributed by atoms with Crippen molar-refractivity contribution in [3.8, 4) is 0 Å². The van der Waals surface area contributed by atoms with E-state index in [1.165, 1.54) is 0 Å². The number of carbonyl (C=O) groups is 1. The summed E-state index contributed by atoms with van der Waals surface area (Å²) in [5, 5.41) is 8.39. The van der Waals surface area contributed by atoms with Crippen molar-refractivity contribution < 1.29 is 14.6 Å². The molecule has 62 valence electrons. The molecule has 0 aromatic carbocycles. The van der Waals surface area contributed by atoms with Crippen LogP contribution in [-0.2, 0) is 9.53 Å². The Morgan fingerprint density at radius 2 is 2.18 bits per heavy atom. The van der Waals surface area contributed by atoms with Gasteiger partial charge in [-0.15, -0.1) is 4.79 Å². The monoisotopic (exact) mass is 157 g/mol. The predicted octanol–water partition coefficient (Wildman–Crippen LogP) is 0.681. The fraction of sp³-hybridized carbons (Fsp3) is 0.625. The molecule has 0 saturated carbocycles. The smallest absolute Gasteiger partial charge is 0.396 e. The van der Waals surface area contributed by atoms with Crippen molar-refractivity contribution in [1.29, 1.82) is 0 Å². The molecule has 0 heterocycles. The Morgan fingerprint density at radius 3 is 2.73 bits per heavy atom. The normalized spacial score (nSPS) is 9.09. The zero-order valence-electron chi connectivity index (χ0n) is 6.45. The molecule has 0 aromatic heterocycles. The summed E-state index contributed by atoms with van der Waals surface area (Å²) >= 11 is 0. The first-order chi connectivity index (χ1) is 5.31. The average Bonchev–Trinajstić information content (AvgIpc) is 2.04. The van der Waals surface area contributed by atoms with Crippen LogP contribution in [0.25, 0.3) is 0 Å². The van der Waals surface area contributed by atoms with Crippen LogP contribution in [0.2, 0.25) is 0 Å². The third-order valence-corrected chi connectivity index (χ3v) is 1.18. The van der Waals surface area contributed by atoms with Gasteiger partial charge in [-0.3, -0.25) is 0 Å². The van der Waals surface area contributed by atoms with E-state index in [1.807, 2.05) is 0 Å². The first kappa shape index (κ1) is 10.1. The second-order valence-electron chi connectivity index (χ2n) is 2.12. The Morgan fingerprint density at radius 1 is 1.45 bits per heavy atom. The largest absolute Gasteiger partial charge is 0.484 e. The molecule has 0 aliphatic heterocycles. The number of unbranched alkanes of at least 4 members (excludes halogenated alkanes) is 2. The first-order valence-electron chi connectivity index (χ1n) is 3.64. The van der Waals surface area contributed by atoms with E-state index in [2.05, 4.69) is 4.74 Å². The molecular formula is C8H13O3+. The van der Waals surface area contributed by atoms with Gasteiger partial charge in [-0.05, 0) is 19.3 Å². The van der Waals surface area contributed by atoms with Crippen LogP contribution in [0.3, 0.4) is 0 Å². The van der Waals surface area contributed by atoms with Crippen LogP contribution in [0.4, 0.5) is 0 Å². The van der Waals surface area contributed by atoms with Crippen LogP contribution >= 0.6 is 0 Å². The third kappa shape index (κ3) is 6.97. The molecule has 0 aliphatic rings. The number of rotatable bonds is 6. The van der Waals surface area contributed by atoms with Crippen molar-refractivity contribution in [3.63, 3.8) is 0 Å². The van der Waals surface area contributed by atoms with Crippen LogP contribution in [-0.4, -0.2) is 24.3 Å². The van der Waals surface area contributed by atoms with Crippen LogP contribution < -0.4 is 0 Å². The van der Waals surface area contributed by atoms with Crippen molar-refractivity contribution >= 4 is 5.97 Å². The molecule has 3 nitrogen and oxygen atoms in total. The van der Waals surface area contributed by atoms with E-state index in [9.17, 15) is 4.79 Å². The Kier molecular flexibility index (Phi) is 6.59. The molecule has 0 aromatic rings. The lowest BCUT2D eigenvalue weighted by molar-refractivity contribution is -0.137. The lowest BCUT2D eigenvalue weighted by Gasteiger charge is -1.95. The molecule has 0 spiro atoms. The number of ether oxygens (including phenoxy) is 1. The molecular weight excluding hydrogens is 144 g/mol. The highest BCUT2D eigenvalue weighted by Gasteiger charge is 2.03. The number of hydrogen-bond acceptors (Lipinski definition) is 3. The van der Waals surface area contributed by atoms with Gasteiger partial charge in [-0.25, -0.2) is 0 Å². The molecule has 0 saturated heterocycles. The van der Waals surface area contributed by atoms with Crippen LogP contribution in [0.15, 0.2) is 6.08 Å². The molecule has 0 aliphatic carbocycles. The minimum Gasteiger partial charge on any atom is -0.396 e. The highest BCUT2D eigenvalue weighted by molar-refractivity contribution is 5.80. The van der Waals surface area contributed by atoms with Crippen molar-refractivity contribution in [2.75, 3.05) is 13.2 Å². The predicted molar refractivity (Wildman–Crippen MR) is 40.8 cm³/mol. The van der Waals surface area contributed by atoms with Gasteiger partial charge in [0.1, 0.15) is 6.61 Å². The van der Waals surface area contributed by atoms with Gasteiger partial charge < -0.3 is 9.84 Å². The van der Waals surface area contributed by atoms with Crippen molar-refractivity contribution in [3.05, 3.63) is 12.7 Å². The number of aliphatic hydroxyl groups is 1. The molecule has 0 unspecified atom stereocenters. The van der Waals surface area contributed by atoms with Gasteiger partial charge in [0.25, 0.3) is 0 Å². The van der Waals surface area contributed by atoms with Crippen LogP contribution in [0.5, 0.6) is 0 Å². The fourth-order valence-corrected chi connectivity index (χ4v) is 0.612. The molecule has 0 rings (SSSR count). The Balaban J connectivity index is 3.01. The van der Waals surface area contributed by atoms with E-state index in [0.29, 0.717) is 6.61 Å². The van der Waals surface area contributed by atoms with Crippen molar-refractivity contribution in [2.45, 2.75) is 19.3 Å². The SMILES string of the molecule is [CH+]=CC(=O)OCCCCCO. The number of hydrogen-bond donors (Lipinski definition) is 1. The maximum Gasteiger partial charge on any atom is 0.484 e. The van der Waals surface area contributed by atoms with Gasteiger partial charge in [-0.1, -0.05) is 0 Å². The lowest BCUT2D eigenvalue weighted by atomic mass is 10.2. The molecule has 0 bridgehead atoms. The second kappa shape index (κ2) is 7.19. The van der Waals surface area contributed by atoms with E-state index in [1.54, 1.807) is 0 Å². The summed E-state index contributed by atoms with van der Waals surface area (Å²) in [6, 6.07) is 0. The van der Waals surface area contributed by atoms with E-state index in [0.717, 1.165) is 25.3 Å². The summed E-state index contributed by atoms with van der Waals surface area (Å²) < 4.78 is 4.64. The summed E-state index contributed by atoms with van der Waals surface area (Å²) in [5.74, 6) is -0.492. The molecule has 0 atom stereocenters. The highest BCUT2D eigenvalue weighted by atomic mass is 16.5. The molecule has 11 heavy (non-hydrogen) atoms. The summed E-state index contributed by atoms with van der Waals surface area (Å²) in [5.41, 5.74) is 0. The quantitative estimate of drug-likeness (QED) is 0.267. The zero-order chi connectivity index (χ0) is 8.53. The van der Waals surface area contributed by atoms with Crippen LogP contribution in [0.1, 0.15) is 19.3 Å². The summed E-state index contributed by atoms with van der Waals surface area (Å²) in [6.07, 6.45) is 3.30.